The van der Waals surface area contributed by atoms with Gasteiger partial charge < -0.3 is 9.64 Å². The number of rotatable bonds is 4. The first-order valence-corrected chi connectivity index (χ1v) is 9.11. The van der Waals surface area contributed by atoms with Crippen LogP contribution in [-0.4, -0.2) is 45.7 Å². The van der Waals surface area contributed by atoms with Gasteiger partial charge in [0.2, 0.25) is 5.88 Å². The van der Waals surface area contributed by atoms with Crippen LogP contribution in [0.1, 0.15) is 49.8 Å². The maximum absolute atomic E-state index is 12.4. The number of nitrogens with zero attached hydrogens (tertiary/aromatic N) is 4. The van der Waals surface area contributed by atoms with Crippen LogP contribution in [0.4, 0.5) is 0 Å². The zero-order valence-electron chi connectivity index (χ0n) is 15.7. The Kier molecular flexibility index (Phi) is 5.49. The number of amides is 1. The summed E-state index contributed by atoms with van der Waals surface area (Å²) in [5.74, 6) is 0.991. The fourth-order valence-corrected chi connectivity index (χ4v) is 2.95. The lowest BCUT2D eigenvalue weighted by Crippen LogP contribution is -2.40. The maximum Gasteiger partial charge on any atom is 0.272 e. The van der Waals surface area contributed by atoms with Gasteiger partial charge in [0.15, 0.2) is 0 Å². The topological polar surface area (TPSA) is 68.2 Å². The van der Waals surface area contributed by atoms with Crippen molar-refractivity contribution in [3.05, 3.63) is 47.9 Å². The molecule has 0 radical (unpaired) electrons. The largest absolute Gasteiger partial charge is 0.476 e. The fourth-order valence-electron chi connectivity index (χ4n) is 2.95. The first-order chi connectivity index (χ1) is 12.4. The third-order valence-corrected chi connectivity index (χ3v) is 4.66. The fraction of sp³-hybridized carbons (Fsp3) is 0.500. The minimum absolute atomic E-state index is 0.00797. The van der Waals surface area contributed by atoms with Crippen LogP contribution in [0.3, 0.4) is 0 Å². The van der Waals surface area contributed by atoms with Crippen molar-refractivity contribution in [3.63, 3.8) is 0 Å². The van der Waals surface area contributed by atoms with E-state index in [2.05, 4.69) is 36.0 Å². The van der Waals surface area contributed by atoms with Crippen molar-refractivity contribution in [1.29, 1.82) is 0 Å². The van der Waals surface area contributed by atoms with E-state index in [4.69, 9.17) is 4.74 Å². The summed E-state index contributed by atoms with van der Waals surface area (Å²) in [6, 6.07) is 9.27. The van der Waals surface area contributed by atoms with E-state index in [1.54, 1.807) is 12.3 Å². The molecule has 0 unspecified atom stereocenters. The number of piperidine rings is 1. The Morgan fingerprint density at radius 2 is 1.92 bits per heavy atom. The van der Waals surface area contributed by atoms with Crippen molar-refractivity contribution in [2.24, 2.45) is 5.92 Å². The number of likely N-dealkylation sites (tertiary alicyclic amines) is 1. The average molecular weight is 354 g/mol. The van der Waals surface area contributed by atoms with Crippen LogP contribution in [0.5, 0.6) is 5.88 Å². The molecular weight excluding hydrogens is 328 g/mol. The second-order valence-corrected chi connectivity index (χ2v) is 7.77. The summed E-state index contributed by atoms with van der Waals surface area (Å²) in [6.45, 7) is 8.40. The van der Waals surface area contributed by atoms with Crippen molar-refractivity contribution in [1.82, 2.24) is 20.1 Å². The molecule has 0 bridgehead atoms. The molecule has 2 aromatic rings. The van der Waals surface area contributed by atoms with Gasteiger partial charge in [-0.05, 0) is 37.0 Å². The minimum atomic E-state index is -0.0154. The van der Waals surface area contributed by atoms with Crippen LogP contribution in [0.2, 0.25) is 0 Å². The third-order valence-electron chi connectivity index (χ3n) is 4.66. The second kappa shape index (κ2) is 7.81. The molecule has 6 nitrogen and oxygen atoms in total. The maximum atomic E-state index is 12.4. The molecule has 1 amide bonds. The highest BCUT2D eigenvalue weighted by Crippen LogP contribution is 2.22. The van der Waals surface area contributed by atoms with E-state index in [9.17, 15) is 4.79 Å². The Bertz CT molecular complexity index is 718. The number of aromatic nitrogens is 3. The SMILES string of the molecule is CC(C)(C)c1ccc(OCC2CCN(C(=O)c3ccccn3)CC2)nn1. The van der Waals surface area contributed by atoms with E-state index in [0.29, 0.717) is 24.1 Å². The van der Waals surface area contributed by atoms with Gasteiger partial charge in [-0.1, -0.05) is 26.8 Å². The molecule has 0 aliphatic carbocycles. The highest BCUT2D eigenvalue weighted by molar-refractivity contribution is 5.92. The van der Waals surface area contributed by atoms with Crippen LogP contribution >= 0.6 is 0 Å². The van der Waals surface area contributed by atoms with Crippen molar-refractivity contribution >= 4 is 5.91 Å². The minimum Gasteiger partial charge on any atom is -0.476 e. The lowest BCUT2D eigenvalue weighted by Gasteiger charge is -2.31. The summed E-state index contributed by atoms with van der Waals surface area (Å²) >= 11 is 0. The molecule has 6 heteroatoms. The van der Waals surface area contributed by atoms with Gasteiger partial charge in [0.05, 0.1) is 12.3 Å². The second-order valence-electron chi connectivity index (χ2n) is 7.77. The van der Waals surface area contributed by atoms with E-state index in [0.717, 1.165) is 31.6 Å². The first-order valence-electron chi connectivity index (χ1n) is 9.11. The highest BCUT2D eigenvalue weighted by Gasteiger charge is 2.24. The predicted molar refractivity (Wildman–Crippen MR) is 99.1 cm³/mol. The van der Waals surface area contributed by atoms with E-state index < -0.39 is 0 Å². The van der Waals surface area contributed by atoms with E-state index in [1.165, 1.54) is 0 Å². The normalized spacial score (nSPS) is 15.7. The van der Waals surface area contributed by atoms with E-state index >= 15 is 0 Å². The molecule has 0 atom stereocenters. The Morgan fingerprint density at radius 1 is 1.15 bits per heavy atom. The number of hydrogen-bond acceptors (Lipinski definition) is 5. The van der Waals surface area contributed by atoms with Crippen LogP contribution in [0.15, 0.2) is 36.5 Å². The Hall–Kier alpha value is -2.50. The summed E-state index contributed by atoms with van der Waals surface area (Å²) in [7, 11) is 0. The Morgan fingerprint density at radius 3 is 2.50 bits per heavy atom. The lowest BCUT2D eigenvalue weighted by molar-refractivity contribution is 0.0653. The zero-order chi connectivity index (χ0) is 18.6. The summed E-state index contributed by atoms with van der Waals surface area (Å²) in [4.78, 5) is 18.4. The van der Waals surface area contributed by atoms with E-state index in [1.807, 2.05) is 29.2 Å². The molecule has 26 heavy (non-hydrogen) atoms. The van der Waals surface area contributed by atoms with Gasteiger partial charge in [0, 0.05) is 30.8 Å². The van der Waals surface area contributed by atoms with Gasteiger partial charge in [-0.15, -0.1) is 5.10 Å². The summed E-state index contributed by atoms with van der Waals surface area (Å²) in [5, 5.41) is 8.42. The summed E-state index contributed by atoms with van der Waals surface area (Å²) in [5.41, 5.74) is 1.45. The van der Waals surface area contributed by atoms with Crippen LogP contribution < -0.4 is 4.74 Å². The number of pyridine rings is 1. The van der Waals surface area contributed by atoms with Gasteiger partial charge in [-0.2, -0.15) is 5.10 Å². The molecular formula is C20H26N4O2. The number of carbonyl (C=O) groups excluding carboxylic acids is 1. The molecule has 0 spiro atoms. The van der Waals surface area contributed by atoms with Gasteiger partial charge in [0.25, 0.3) is 5.91 Å². The molecule has 2 aromatic heterocycles. The standard InChI is InChI=1S/C20H26N4O2/c1-20(2,3)17-7-8-18(23-22-17)26-14-15-9-12-24(13-10-15)19(25)16-6-4-5-11-21-16/h4-8,11,15H,9-10,12-14H2,1-3H3. The highest BCUT2D eigenvalue weighted by atomic mass is 16.5. The van der Waals surface area contributed by atoms with Gasteiger partial charge in [-0.3, -0.25) is 9.78 Å². The van der Waals surface area contributed by atoms with Crippen molar-refractivity contribution in [2.75, 3.05) is 19.7 Å². The smallest absolute Gasteiger partial charge is 0.272 e. The number of ether oxygens (including phenoxy) is 1. The zero-order valence-corrected chi connectivity index (χ0v) is 15.7. The van der Waals surface area contributed by atoms with Crippen LogP contribution in [0, 0.1) is 5.92 Å². The quantitative estimate of drug-likeness (QED) is 0.844. The Labute approximate surface area is 154 Å². The molecule has 138 valence electrons. The third kappa shape index (κ3) is 4.56. The van der Waals surface area contributed by atoms with Gasteiger partial charge >= 0.3 is 0 Å². The predicted octanol–water partition coefficient (Wildman–Crippen LogP) is 3.10. The van der Waals surface area contributed by atoms with E-state index in [-0.39, 0.29) is 11.3 Å². The molecule has 1 aliphatic heterocycles. The average Bonchev–Trinajstić information content (AvgIpc) is 2.66. The molecule has 3 heterocycles. The monoisotopic (exact) mass is 354 g/mol. The van der Waals surface area contributed by atoms with Crippen molar-refractivity contribution in [3.8, 4) is 5.88 Å². The van der Waals surface area contributed by atoms with Crippen LogP contribution in [-0.2, 0) is 5.41 Å². The van der Waals surface area contributed by atoms with Gasteiger partial charge in [-0.25, -0.2) is 0 Å². The number of hydrogen-bond donors (Lipinski definition) is 0. The summed E-state index contributed by atoms with van der Waals surface area (Å²) < 4.78 is 5.80. The van der Waals surface area contributed by atoms with Crippen molar-refractivity contribution in [2.45, 2.75) is 39.0 Å². The molecule has 1 fully saturated rings. The van der Waals surface area contributed by atoms with Crippen LogP contribution in [0.25, 0.3) is 0 Å². The summed E-state index contributed by atoms with van der Waals surface area (Å²) in [6.07, 6.45) is 3.50. The van der Waals surface area contributed by atoms with Crippen molar-refractivity contribution < 1.29 is 9.53 Å². The molecule has 1 saturated heterocycles. The molecule has 3 rings (SSSR count). The first kappa shape index (κ1) is 18.3. The molecule has 1 aliphatic rings. The molecule has 0 saturated carbocycles. The lowest BCUT2D eigenvalue weighted by atomic mass is 9.92. The molecule has 0 aromatic carbocycles. The molecule has 0 N–H and O–H groups in total. The number of carbonyl (C=O) groups is 1. The Balaban J connectivity index is 1.46. The van der Waals surface area contributed by atoms with Gasteiger partial charge in [0.1, 0.15) is 5.69 Å².